The first-order valence-electron chi connectivity index (χ1n) is 6.43. The van der Waals surface area contributed by atoms with Crippen LogP contribution in [-0.4, -0.2) is 12.1 Å². The minimum Gasteiger partial charge on any atom is -0.497 e. The van der Waals surface area contributed by atoms with Gasteiger partial charge in [0.25, 0.3) is 0 Å². The first-order valence-corrected chi connectivity index (χ1v) is 6.43. The topological polar surface area (TPSA) is 55.1 Å². The van der Waals surface area contributed by atoms with E-state index in [-0.39, 0.29) is 0 Å². The van der Waals surface area contributed by atoms with Gasteiger partial charge in [-0.15, -0.1) is 0 Å². The lowest BCUT2D eigenvalue weighted by Crippen LogP contribution is -1.96. The second-order valence-corrected chi connectivity index (χ2v) is 3.63. The van der Waals surface area contributed by atoms with Gasteiger partial charge in [-0.3, -0.25) is 0 Å². The molecule has 0 saturated carbocycles. The standard InChI is InChI=1S/C14H12N2O2.C2H6/c1-17-13-5-2-11(3-6-13)10-18-14-7-4-12(8-15)16-9-14;1-2/h2-7,9H,10H2,1H3;1-2H3. The van der Waals surface area contributed by atoms with Crippen molar-refractivity contribution >= 4 is 0 Å². The van der Waals surface area contributed by atoms with Crippen LogP contribution in [0.5, 0.6) is 11.5 Å². The van der Waals surface area contributed by atoms with Gasteiger partial charge in [-0.1, -0.05) is 26.0 Å². The van der Waals surface area contributed by atoms with E-state index in [9.17, 15) is 0 Å². The summed E-state index contributed by atoms with van der Waals surface area (Å²) in [6, 6.07) is 13.0. The van der Waals surface area contributed by atoms with Gasteiger partial charge in [-0.2, -0.15) is 5.26 Å². The molecule has 0 radical (unpaired) electrons. The maximum absolute atomic E-state index is 8.62. The first-order chi connectivity index (χ1) is 9.81. The third-order valence-electron chi connectivity index (χ3n) is 2.42. The third kappa shape index (κ3) is 4.62. The number of ether oxygens (including phenoxy) is 2. The molecule has 0 atom stereocenters. The minimum absolute atomic E-state index is 0.381. The maximum Gasteiger partial charge on any atom is 0.140 e. The number of benzene rings is 1. The van der Waals surface area contributed by atoms with Crippen molar-refractivity contribution in [2.24, 2.45) is 0 Å². The van der Waals surface area contributed by atoms with E-state index in [4.69, 9.17) is 14.7 Å². The van der Waals surface area contributed by atoms with Crippen LogP contribution in [0, 0.1) is 11.3 Å². The molecule has 0 fully saturated rings. The summed E-state index contributed by atoms with van der Waals surface area (Å²) in [6.45, 7) is 4.46. The van der Waals surface area contributed by atoms with Gasteiger partial charge < -0.3 is 9.47 Å². The molecule has 20 heavy (non-hydrogen) atoms. The van der Waals surface area contributed by atoms with Gasteiger partial charge in [0.05, 0.1) is 13.3 Å². The molecule has 4 heteroatoms. The lowest BCUT2D eigenvalue weighted by Gasteiger charge is -2.06. The lowest BCUT2D eigenvalue weighted by molar-refractivity contribution is 0.304. The summed E-state index contributed by atoms with van der Waals surface area (Å²) in [7, 11) is 1.63. The van der Waals surface area contributed by atoms with Gasteiger partial charge in [-0.05, 0) is 29.8 Å². The monoisotopic (exact) mass is 270 g/mol. The molecule has 4 nitrogen and oxygen atoms in total. The van der Waals surface area contributed by atoms with E-state index in [2.05, 4.69) is 4.98 Å². The molecule has 0 N–H and O–H groups in total. The van der Waals surface area contributed by atoms with Crippen LogP contribution in [0.2, 0.25) is 0 Å². The molecule has 1 heterocycles. The Kier molecular flexibility index (Phi) is 6.63. The summed E-state index contributed by atoms with van der Waals surface area (Å²) in [5.41, 5.74) is 1.42. The Morgan fingerprint density at radius 1 is 1.05 bits per heavy atom. The van der Waals surface area contributed by atoms with E-state index in [1.165, 1.54) is 0 Å². The molecule has 1 aromatic heterocycles. The van der Waals surface area contributed by atoms with Gasteiger partial charge in [0.2, 0.25) is 0 Å². The highest BCUT2D eigenvalue weighted by Crippen LogP contribution is 2.14. The van der Waals surface area contributed by atoms with E-state index in [1.54, 1.807) is 25.4 Å². The number of nitrogens with zero attached hydrogens (tertiary/aromatic N) is 2. The van der Waals surface area contributed by atoms with Crippen LogP contribution in [0.3, 0.4) is 0 Å². The summed E-state index contributed by atoms with van der Waals surface area (Å²) in [5, 5.41) is 8.62. The van der Waals surface area contributed by atoms with Crippen molar-refractivity contribution in [2.45, 2.75) is 20.5 Å². The molecule has 0 amide bonds. The Morgan fingerprint density at radius 3 is 2.20 bits per heavy atom. The highest BCUT2D eigenvalue weighted by Gasteiger charge is 1.98. The fourth-order valence-electron chi connectivity index (χ4n) is 1.42. The van der Waals surface area contributed by atoms with Crippen molar-refractivity contribution in [3.63, 3.8) is 0 Å². The molecule has 2 aromatic rings. The van der Waals surface area contributed by atoms with Crippen molar-refractivity contribution < 1.29 is 9.47 Å². The molecule has 0 unspecified atom stereocenters. The Labute approximate surface area is 119 Å². The Morgan fingerprint density at radius 2 is 1.70 bits per heavy atom. The summed E-state index contributed by atoms with van der Waals surface area (Å²) in [4.78, 5) is 3.93. The van der Waals surface area contributed by atoms with E-state index in [1.807, 2.05) is 44.2 Å². The predicted molar refractivity (Wildman–Crippen MR) is 77.6 cm³/mol. The zero-order valence-electron chi connectivity index (χ0n) is 12.0. The second-order valence-electron chi connectivity index (χ2n) is 3.63. The Balaban J connectivity index is 0.000000956. The molecule has 0 aliphatic rings. The molecule has 2 rings (SSSR count). The molecule has 0 bridgehead atoms. The molecule has 0 saturated heterocycles. The lowest BCUT2D eigenvalue weighted by atomic mass is 10.2. The van der Waals surface area contributed by atoms with Crippen molar-refractivity contribution in [1.29, 1.82) is 5.26 Å². The fourth-order valence-corrected chi connectivity index (χ4v) is 1.42. The number of pyridine rings is 1. The summed E-state index contributed by atoms with van der Waals surface area (Å²) in [5.74, 6) is 1.46. The molecular weight excluding hydrogens is 252 g/mol. The zero-order chi connectivity index (χ0) is 14.8. The van der Waals surface area contributed by atoms with Crippen LogP contribution >= 0.6 is 0 Å². The van der Waals surface area contributed by atoms with Crippen LogP contribution in [0.25, 0.3) is 0 Å². The van der Waals surface area contributed by atoms with Gasteiger partial charge >= 0.3 is 0 Å². The van der Waals surface area contributed by atoms with Crippen molar-refractivity contribution in [2.75, 3.05) is 7.11 Å². The molecule has 104 valence electrons. The average Bonchev–Trinajstić information content (AvgIpc) is 2.55. The maximum atomic E-state index is 8.62. The highest BCUT2D eigenvalue weighted by atomic mass is 16.5. The molecular formula is C16H18N2O2. The van der Waals surface area contributed by atoms with Crippen molar-refractivity contribution in [3.05, 3.63) is 53.9 Å². The Bertz CT molecular complexity index is 542. The van der Waals surface area contributed by atoms with E-state index < -0.39 is 0 Å². The first kappa shape index (κ1) is 15.5. The number of hydrogen-bond acceptors (Lipinski definition) is 4. The van der Waals surface area contributed by atoms with Crippen LogP contribution in [0.1, 0.15) is 25.1 Å². The Hall–Kier alpha value is -2.54. The van der Waals surface area contributed by atoms with Crippen molar-refractivity contribution in [1.82, 2.24) is 4.98 Å². The molecule has 1 aromatic carbocycles. The van der Waals surface area contributed by atoms with Gasteiger partial charge in [0.1, 0.15) is 29.9 Å². The molecule has 0 spiro atoms. The minimum atomic E-state index is 0.381. The van der Waals surface area contributed by atoms with E-state index in [0.29, 0.717) is 18.1 Å². The SMILES string of the molecule is CC.COc1ccc(COc2ccc(C#N)nc2)cc1. The normalized spacial score (nSPS) is 8.90. The predicted octanol–water partition coefficient (Wildman–Crippen LogP) is 3.57. The van der Waals surface area contributed by atoms with Gasteiger partial charge in [0, 0.05) is 0 Å². The van der Waals surface area contributed by atoms with Gasteiger partial charge in [-0.25, -0.2) is 4.98 Å². The molecule has 0 aliphatic carbocycles. The smallest absolute Gasteiger partial charge is 0.140 e. The average molecular weight is 270 g/mol. The number of hydrogen-bond donors (Lipinski definition) is 0. The van der Waals surface area contributed by atoms with Crippen LogP contribution in [-0.2, 0) is 6.61 Å². The largest absolute Gasteiger partial charge is 0.497 e. The quantitative estimate of drug-likeness (QED) is 0.852. The molecule has 0 aliphatic heterocycles. The van der Waals surface area contributed by atoms with Crippen molar-refractivity contribution in [3.8, 4) is 17.6 Å². The number of methoxy groups -OCH3 is 1. The second kappa shape index (κ2) is 8.54. The zero-order valence-corrected chi connectivity index (χ0v) is 12.0. The number of rotatable bonds is 4. The number of aromatic nitrogens is 1. The van der Waals surface area contributed by atoms with Crippen LogP contribution in [0.4, 0.5) is 0 Å². The van der Waals surface area contributed by atoms with Crippen LogP contribution in [0.15, 0.2) is 42.6 Å². The summed E-state index contributed by atoms with van der Waals surface area (Å²) in [6.07, 6.45) is 1.54. The summed E-state index contributed by atoms with van der Waals surface area (Å²) >= 11 is 0. The van der Waals surface area contributed by atoms with Gasteiger partial charge in [0.15, 0.2) is 0 Å². The number of nitriles is 1. The highest BCUT2D eigenvalue weighted by molar-refractivity contribution is 5.29. The fraction of sp³-hybridized carbons (Fsp3) is 0.250. The van der Waals surface area contributed by atoms with E-state index >= 15 is 0 Å². The van der Waals surface area contributed by atoms with E-state index in [0.717, 1.165) is 11.3 Å². The van der Waals surface area contributed by atoms with Crippen LogP contribution < -0.4 is 9.47 Å². The third-order valence-corrected chi connectivity index (χ3v) is 2.42. The summed E-state index contributed by atoms with van der Waals surface area (Å²) < 4.78 is 10.6.